The Hall–Kier alpha value is -5.37. The second-order valence-electron chi connectivity index (χ2n) is 14.1. The number of hydrogen-bond acceptors (Lipinski definition) is 8. The summed E-state index contributed by atoms with van der Waals surface area (Å²) < 4.78 is 36.4. The van der Waals surface area contributed by atoms with Crippen molar-refractivity contribution >= 4 is 38.5 Å². The van der Waals surface area contributed by atoms with Crippen LogP contribution in [0.3, 0.4) is 0 Å². The molecule has 6 rings (SSSR count). The number of benzene rings is 4. The third-order valence-corrected chi connectivity index (χ3v) is 11.5. The first-order valence-electron chi connectivity index (χ1n) is 19.1. The van der Waals surface area contributed by atoms with Crippen molar-refractivity contribution in [3.8, 4) is 11.4 Å². The van der Waals surface area contributed by atoms with Crippen LogP contribution in [-0.4, -0.2) is 90.1 Å². The van der Waals surface area contributed by atoms with Crippen LogP contribution in [0.5, 0.6) is 0 Å². The third-order valence-electron chi connectivity index (χ3n) is 10.2. The Morgan fingerprint density at radius 1 is 0.911 bits per heavy atom. The molecule has 13 heteroatoms. The smallest absolute Gasteiger partial charge is 0.274 e. The van der Waals surface area contributed by atoms with Gasteiger partial charge in [0.1, 0.15) is 11.5 Å². The zero-order chi connectivity index (χ0) is 39.8. The zero-order valence-corrected chi connectivity index (χ0v) is 32.9. The van der Waals surface area contributed by atoms with E-state index in [1.807, 2.05) is 41.3 Å². The topological polar surface area (TPSA) is 151 Å². The van der Waals surface area contributed by atoms with Gasteiger partial charge in [0, 0.05) is 50.6 Å². The molecule has 0 fully saturated rings. The fourth-order valence-corrected chi connectivity index (χ4v) is 8.05. The molecule has 3 amide bonds. The normalized spacial score (nSPS) is 14.1. The lowest BCUT2D eigenvalue weighted by molar-refractivity contribution is 0.0544. The first-order valence-corrected chi connectivity index (χ1v) is 20.6. The molecule has 0 radical (unpaired) electrons. The van der Waals surface area contributed by atoms with Crippen LogP contribution >= 0.6 is 0 Å². The summed E-state index contributed by atoms with van der Waals surface area (Å²) >= 11 is 0. The molecule has 0 spiro atoms. The highest BCUT2D eigenvalue weighted by molar-refractivity contribution is 7.90. The lowest BCUT2D eigenvalue weighted by Crippen LogP contribution is -2.46. The van der Waals surface area contributed by atoms with Gasteiger partial charge in [-0.3, -0.25) is 14.4 Å². The molecule has 1 aliphatic heterocycles. The van der Waals surface area contributed by atoms with Crippen LogP contribution in [0.15, 0.2) is 96.0 Å². The summed E-state index contributed by atoms with van der Waals surface area (Å²) in [4.78, 5) is 50.7. The van der Waals surface area contributed by atoms with Gasteiger partial charge < -0.3 is 24.2 Å². The van der Waals surface area contributed by atoms with Gasteiger partial charge in [-0.15, -0.1) is 0 Å². The summed E-state index contributed by atoms with van der Waals surface area (Å²) in [6, 6.07) is 23.4. The largest absolute Gasteiger partial charge is 0.394 e. The maximum Gasteiger partial charge on any atom is 0.274 e. The van der Waals surface area contributed by atoms with Crippen molar-refractivity contribution in [3.63, 3.8) is 0 Å². The molecule has 294 valence electrons. The minimum atomic E-state index is -4.31. The molecule has 0 saturated carbocycles. The molecule has 2 N–H and O–H groups in total. The van der Waals surface area contributed by atoms with Crippen molar-refractivity contribution in [2.45, 2.75) is 70.0 Å². The van der Waals surface area contributed by atoms with Gasteiger partial charge in [-0.2, -0.15) is 0 Å². The molecule has 0 saturated heterocycles. The SMILES string of the molecule is CCCCN(CCCC)C(=O)c1cn(CCOC)c(-c2ccc(C(=O)NS(=O)(=O)c3ccc4ccccc4c3)cc2C(=O)N2Cc3ccccc3C[C@H]2CO)n1. The molecule has 4 aromatic carbocycles. The quantitative estimate of drug-likeness (QED) is 0.123. The van der Waals surface area contributed by atoms with Crippen molar-refractivity contribution in [3.05, 3.63) is 119 Å². The Morgan fingerprint density at radius 2 is 1.61 bits per heavy atom. The van der Waals surface area contributed by atoms with Crippen LogP contribution in [-0.2, 0) is 34.3 Å². The Balaban J connectivity index is 1.43. The Bertz CT molecular complexity index is 2310. The molecular formula is C43H49N5O7S. The fourth-order valence-electron chi connectivity index (χ4n) is 7.04. The second kappa shape index (κ2) is 18.1. The van der Waals surface area contributed by atoms with Crippen molar-refractivity contribution in [2.75, 3.05) is 33.4 Å². The molecule has 5 aromatic rings. The predicted molar refractivity (Wildman–Crippen MR) is 215 cm³/mol. The van der Waals surface area contributed by atoms with Gasteiger partial charge in [0.25, 0.3) is 27.7 Å². The predicted octanol–water partition coefficient (Wildman–Crippen LogP) is 6.07. The molecule has 2 heterocycles. The number of hydrogen-bond donors (Lipinski definition) is 2. The maximum absolute atomic E-state index is 14.8. The van der Waals surface area contributed by atoms with Crippen LogP contribution in [0.25, 0.3) is 22.2 Å². The van der Waals surface area contributed by atoms with Crippen LogP contribution in [0.1, 0.15) is 81.9 Å². The number of rotatable bonds is 16. The molecule has 0 bridgehead atoms. The number of aromatic nitrogens is 2. The summed E-state index contributed by atoms with van der Waals surface area (Å²) in [5.74, 6) is -1.32. The number of nitrogens with one attached hydrogen (secondary N) is 1. The number of sulfonamides is 1. The molecule has 1 aromatic heterocycles. The molecule has 1 aliphatic rings. The molecule has 0 unspecified atom stereocenters. The van der Waals surface area contributed by atoms with Gasteiger partial charge in [-0.25, -0.2) is 18.1 Å². The number of ether oxygens (including phenoxy) is 1. The van der Waals surface area contributed by atoms with Gasteiger partial charge in [0.05, 0.1) is 29.7 Å². The van der Waals surface area contributed by atoms with Gasteiger partial charge in [0.2, 0.25) is 0 Å². The minimum Gasteiger partial charge on any atom is -0.394 e. The molecule has 1 atom stereocenters. The molecule has 0 aliphatic carbocycles. The van der Waals surface area contributed by atoms with E-state index >= 15 is 0 Å². The van der Waals surface area contributed by atoms with Gasteiger partial charge in [-0.05, 0) is 71.5 Å². The number of imidazole rings is 1. The highest BCUT2D eigenvalue weighted by Gasteiger charge is 2.33. The van der Waals surface area contributed by atoms with E-state index in [1.165, 1.54) is 24.3 Å². The number of aliphatic hydroxyl groups is 1. The van der Waals surface area contributed by atoms with E-state index in [1.54, 1.807) is 47.0 Å². The van der Waals surface area contributed by atoms with E-state index in [9.17, 15) is 27.9 Å². The van der Waals surface area contributed by atoms with Crippen LogP contribution < -0.4 is 4.72 Å². The zero-order valence-electron chi connectivity index (χ0n) is 32.1. The third kappa shape index (κ3) is 8.85. The number of fused-ring (bicyclic) bond motifs is 2. The molecule has 56 heavy (non-hydrogen) atoms. The van der Waals surface area contributed by atoms with Gasteiger partial charge in [0.15, 0.2) is 0 Å². The number of methoxy groups -OCH3 is 1. The average molecular weight is 780 g/mol. The van der Waals surface area contributed by atoms with E-state index in [0.29, 0.717) is 42.8 Å². The summed E-state index contributed by atoms with van der Waals surface area (Å²) in [5, 5.41) is 12.0. The first kappa shape index (κ1) is 40.3. The second-order valence-corrected chi connectivity index (χ2v) is 15.8. The van der Waals surface area contributed by atoms with Crippen molar-refractivity contribution in [1.82, 2.24) is 24.1 Å². The number of carbonyl (C=O) groups excluding carboxylic acids is 3. The highest BCUT2D eigenvalue weighted by atomic mass is 32.2. The number of aliphatic hydroxyl groups excluding tert-OH is 1. The van der Waals surface area contributed by atoms with Gasteiger partial charge >= 0.3 is 0 Å². The monoisotopic (exact) mass is 779 g/mol. The van der Waals surface area contributed by atoms with Crippen LogP contribution in [0, 0.1) is 0 Å². The fraction of sp³-hybridized carbons (Fsp3) is 0.349. The molecular weight excluding hydrogens is 731 g/mol. The Morgan fingerprint density at radius 3 is 2.30 bits per heavy atom. The van der Waals surface area contributed by atoms with E-state index in [4.69, 9.17) is 9.72 Å². The van der Waals surface area contributed by atoms with E-state index in [2.05, 4.69) is 18.6 Å². The maximum atomic E-state index is 14.8. The van der Waals surface area contributed by atoms with Crippen molar-refractivity contribution < 1.29 is 32.6 Å². The molecule has 12 nitrogen and oxygen atoms in total. The lowest BCUT2D eigenvalue weighted by Gasteiger charge is -2.36. The van der Waals surface area contributed by atoms with Crippen molar-refractivity contribution in [1.29, 1.82) is 0 Å². The van der Waals surface area contributed by atoms with Crippen molar-refractivity contribution in [2.24, 2.45) is 0 Å². The van der Waals surface area contributed by atoms with E-state index in [0.717, 1.165) is 42.2 Å². The van der Waals surface area contributed by atoms with Gasteiger partial charge in [-0.1, -0.05) is 81.3 Å². The van der Waals surface area contributed by atoms with Crippen LogP contribution in [0.2, 0.25) is 0 Å². The Kier molecular flexibility index (Phi) is 13.0. The summed E-state index contributed by atoms with van der Waals surface area (Å²) in [5.41, 5.74) is 2.49. The van der Waals surface area contributed by atoms with E-state index < -0.39 is 27.9 Å². The first-order chi connectivity index (χ1) is 27.1. The highest BCUT2D eigenvalue weighted by Crippen LogP contribution is 2.31. The minimum absolute atomic E-state index is 0.0654. The number of nitrogens with zero attached hydrogens (tertiary/aromatic N) is 4. The summed E-state index contributed by atoms with van der Waals surface area (Å²) in [6.45, 7) is 5.83. The number of unbranched alkanes of at least 4 members (excludes halogenated alkanes) is 2. The number of carbonyl (C=O) groups is 3. The Labute approximate surface area is 328 Å². The summed E-state index contributed by atoms with van der Waals surface area (Å²) in [7, 11) is -2.74. The standard InChI is InChI=1S/C43H49N5O7S/c1-4-6-20-46(21-7-5-2)43(52)39-28-47(22-23-55-3)40(44-39)37-19-17-33(41(50)45-56(53,54)36-18-16-30-12-8-9-14-32(30)25-36)26-38(37)42(51)48-27-34-15-11-10-13-31(34)24-35(48)29-49/h8-19,25-26,28,35,49H,4-7,20-24,27,29H2,1-3H3,(H,45,50)/t35-/m0/s1. The lowest BCUT2D eigenvalue weighted by atomic mass is 9.92. The number of amides is 3. The van der Waals surface area contributed by atoms with Crippen LogP contribution in [0.4, 0.5) is 0 Å². The summed E-state index contributed by atoms with van der Waals surface area (Å²) in [6.07, 6.45) is 5.62. The average Bonchev–Trinajstić information content (AvgIpc) is 3.65. The van der Waals surface area contributed by atoms with E-state index in [-0.39, 0.29) is 47.4 Å².